The van der Waals surface area contributed by atoms with Gasteiger partial charge in [0.15, 0.2) is 0 Å². The van der Waals surface area contributed by atoms with Crippen LogP contribution in [-0.4, -0.2) is 11.8 Å². The first-order valence-electron chi connectivity index (χ1n) is 6.69. The summed E-state index contributed by atoms with van der Waals surface area (Å²) in [6.45, 7) is 6.66. The molecular weight excluding hydrogens is 249 g/mol. The molecule has 2 aromatic carbocycles. The van der Waals surface area contributed by atoms with Crippen molar-refractivity contribution >= 4 is 18.5 Å². The van der Waals surface area contributed by atoms with Gasteiger partial charge in [-0.15, -0.1) is 0 Å². The molecule has 1 nitrogen and oxygen atoms in total. The minimum Gasteiger partial charge on any atom is -0.308 e. The summed E-state index contributed by atoms with van der Waals surface area (Å²) < 4.78 is 0. The Balaban J connectivity index is 2.24. The van der Waals surface area contributed by atoms with Crippen molar-refractivity contribution < 1.29 is 0 Å². The van der Waals surface area contributed by atoms with Crippen LogP contribution < -0.4 is 15.9 Å². The first-order chi connectivity index (χ1) is 9.06. The van der Waals surface area contributed by atoms with Gasteiger partial charge in [0, 0.05) is 11.8 Å². The Hall–Kier alpha value is -1.17. The van der Waals surface area contributed by atoms with Crippen molar-refractivity contribution in [3.63, 3.8) is 0 Å². The molecular formula is C17H22NP. The highest BCUT2D eigenvalue weighted by Crippen LogP contribution is 2.32. The van der Waals surface area contributed by atoms with Crippen LogP contribution in [0.3, 0.4) is 0 Å². The van der Waals surface area contributed by atoms with E-state index >= 15 is 0 Å². The van der Waals surface area contributed by atoms with Crippen molar-refractivity contribution in [2.45, 2.75) is 26.3 Å². The Kier molecular flexibility index (Phi) is 4.74. The van der Waals surface area contributed by atoms with E-state index in [-0.39, 0.29) is 13.5 Å². The van der Waals surface area contributed by atoms with Gasteiger partial charge in [-0.05, 0) is 39.3 Å². The highest BCUT2D eigenvalue weighted by atomic mass is 31.1. The van der Waals surface area contributed by atoms with Crippen molar-refractivity contribution in [1.82, 2.24) is 5.32 Å². The van der Waals surface area contributed by atoms with Gasteiger partial charge < -0.3 is 5.32 Å². The summed E-state index contributed by atoms with van der Waals surface area (Å²) in [6, 6.07) is 21.6. The zero-order valence-corrected chi connectivity index (χ0v) is 12.8. The fourth-order valence-corrected chi connectivity index (χ4v) is 4.22. The maximum absolute atomic E-state index is 3.65. The van der Waals surface area contributed by atoms with E-state index in [0.29, 0.717) is 0 Å². The van der Waals surface area contributed by atoms with E-state index in [9.17, 15) is 0 Å². The van der Waals surface area contributed by atoms with E-state index in [4.69, 9.17) is 0 Å². The Morgan fingerprint density at radius 1 is 0.789 bits per heavy atom. The number of hydrogen-bond donors (Lipinski definition) is 1. The molecule has 2 heteroatoms. The Labute approximate surface area is 117 Å². The summed E-state index contributed by atoms with van der Waals surface area (Å²) in [5.41, 5.74) is 0.157. The molecule has 100 valence electrons. The van der Waals surface area contributed by atoms with Crippen LogP contribution in [0.15, 0.2) is 60.7 Å². The topological polar surface area (TPSA) is 12.0 Å². The van der Waals surface area contributed by atoms with Gasteiger partial charge in [0.05, 0.1) is 0 Å². The molecule has 0 aliphatic heterocycles. The summed E-state index contributed by atoms with van der Waals surface area (Å²) >= 11 is 0. The lowest BCUT2D eigenvalue weighted by molar-refractivity contribution is 0.460. The summed E-state index contributed by atoms with van der Waals surface area (Å²) in [4.78, 5) is 0. The van der Waals surface area contributed by atoms with E-state index < -0.39 is 0 Å². The Morgan fingerprint density at radius 2 is 1.21 bits per heavy atom. The van der Waals surface area contributed by atoms with Crippen LogP contribution in [-0.2, 0) is 0 Å². The molecule has 0 spiro atoms. The lowest BCUT2D eigenvalue weighted by Gasteiger charge is -2.26. The predicted molar refractivity (Wildman–Crippen MR) is 86.8 cm³/mol. The molecule has 0 amide bonds. The molecule has 0 radical (unpaired) electrons. The number of hydrogen-bond acceptors (Lipinski definition) is 1. The molecule has 0 aromatic heterocycles. The maximum atomic E-state index is 3.65. The van der Waals surface area contributed by atoms with Crippen molar-refractivity contribution in [3.05, 3.63) is 60.7 Å². The SMILES string of the molecule is CC(C)(C)NCP(c1ccccc1)c1ccccc1. The Bertz CT molecular complexity index is 448. The molecule has 0 saturated heterocycles. The third kappa shape index (κ3) is 4.45. The van der Waals surface area contributed by atoms with Gasteiger partial charge in [0.2, 0.25) is 0 Å². The second-order valence-electron chi connectivity index (χ2n) is 5.68. The van der Waals surface area contributed by atoms with Crippen LogP contribution in [0.5, 0.6) is 0 Å². The molecule has 0 aliphatic carbocycles. The third-order valence-electron chi connectivity index (χ3n) is 2.90. The normalized spacial score (nSPS) is 11.8. The zero-order chi connectivity index (χ0) is 13.7. The number of rotatable bonds is 4. The van der Waals surface area contributed by atoms with Crippen LogP contribution in [0.4, 0.5) is 0 Å². The lowest BCUT2D eigenvalue weighted by atomic mass is 10.1. The minimum atomic E-state index is -0.326. The van der Waals surface area contributed by atoms with Gasteiger partial charge in [-0.25, -0.2) is 0 Å². The van der Waals surface area contributed by atoms with E-state index in [1.807, 2.05) is 0 Å². The monoisotopic (exact) mass is 271 g/mol. The van der Waals surface area contributed by atoms with Crippen LogP contribution in [0.25, 0.3) is 0 Å². The highest BCUT2D eigenvalue weighted by Gasteiger charge is 2.16. The fourth-order valence-electron chi connectivity index (χ4n) is 1.86. The number of benzene rings is 2. The summed E-state index contributed by atoms with van der Waals surface area (Å²) in [6.07, 6.45) is 1.02. The van der Waals surface area contributed by atoms with Gasteiger partial charge in [-0.1, -0.05) is 60.7 Å². The third-order valence-corrected chi connectivity index (χ3v) is 5.22. The van der Waals surface area contributed by atoms with Crippen LogP contribution in [0.2, 0.25) is 0 Å². The fraction of sp³-hybridized carbons (Fsp3) is 0.294. The molecule has 2 rings (SSSR count). The summed E-state index contributed by atoms with van der Waals surface area (Å²) in [5, 5.41) is 6.51. The van der Waals surface area contributed by atoms with Crippen LogP contribution in [0, 0.1) is 0 Å². The van der Waals surface area contributed by atoms with Gasteiger partial charge >= 0.3 is 0 Å². The Morgan fingerprint density at radius 3 is 1.58 bits per heavy atom. The molecule has 0 aliphatic rings. The van der Waals surface area contributed by atoms with Crippen LogP contribution in [0.1, 0.15) is 20.8 Å². The average molecular weight is 271 g/mol. The van der Waals surface area contributed by atoms with Gasteiger partial charge in [0.1, 0.15) is 0 Å². The molecule has 0 saturated carbocycles. The first-order valence-corrected chi connectivity index (χ1v) is 8.22. The first kappa shape index (κ1) is 14.2. The summed E-state index contributed by atoms with van der Waals surface area (Å²) in [7, 11) is -0.326. The molecule has 0 heterocycles. The molecule has 0 fully saturated rings. The van der Waals surface area contributed by atoms with Crippen molar-refractivity contribution in [2.75, 3.05) is 6.29 Å². The summed E-state index contributed by atoms with van der Waals surface area (Å²) in [5.74, 6) is 0. The van der Waals surface area contributed by atoms with Gasteiger partial charge in [0.25, 0.3) is 0 Å². The second kappa shape index (κ2) is 6.32. The van der Waals surface area contributed by atoms with Gasteiger partial charge in [-0.2, -0.15) is 0 Å². The number of nitrogens with one attached hydrogen (secondary N) is 1. The second-order valence-corrected chi connectivity index (χ2v) is 7.89. The van der Waals surface area contributed by atoms with E-state index in [1.54, 1.807) is 0 Å². The minimum absolute atomic E-state index is 0.157. The maximum Gasteiger partial charge on any atom is 0.0242 e. The largest absolute Gasteiger partial charge is 0.308 e. The van der Waals surface area contributed by atoms with Crippen molar-refractivity contribution in [2.24, 2.45) is 0 Å². The highest BCUT2D eigenvalue weighted by molar-refractivity contribution is 7.72. The predicted octanol–water partition coefficient (Wildman–Crippen LogP) is 3.46. The van der Waals surface area contributed by atoms with E-state index in [1.165, 1.54) is 10.6 Å². The van der Waals surface area contributed by atoms with E-state index in [2.05, 4.69) is 86.8 Å². The average Bonchev–Trinajstić information content (AvgIpc) is 2.40. The van der Waals surface area contributed by atoms with E-state index in [0.717, 1.165) is 6.29 Å². The molecule has 19 heavy (non-hydrogen) atoms. The lowest BCUT2D eigenvalue weighted by Crippen LogP contribution is -2.37. The molecule has 2 aromatic rings. The smallest absolute Gasteiger partial charge is 0.0242 e. The quantitative estimate of drug-likeness (QED) is 0.840. The van der Waals surface area contributed by atoms with Gasteiger partial charge in [-0.3, -0.25) is 0 Å². The standard InChI is InChI=1S/C17H22NP/c1-17(2,3)18-14-19(15-10-6-4-7-11-15)16-12-8-5-9-13-16/h4-13,18H,14H2,1-3H3. The molecule has 0 atom stereocenters. The van der Waals surface area contributed by atoms with Crippen LogP contribution >= 0.6 is 7.92 Å². The van der Waals surface area contributed by atoms with Crippen molar-refractivity contribution in [3.8, 4) is 0 Å². The molecule has 0 bridgehead atoms. The zero-order valence-electron chi connectivity index (χ0n) is 11.9. The molecule has 0 unspecified atom stereocenters. The molecule has 1 N–H and O–H groups in total. The van der Waals surface area contributed by atoms with Crippen molar-refractivity contribution in [1.29, 1.82) is 0 Å².